The summed E-state index contributed by atoms with van der Waals surface area (Å²) < 4.78 is 12.0. The SMILES string of the molecule is CC(C)CCC[C@@H](C)[C@H]1CC[C@H]2[C@@H]3CC=C4C[C@@H](OC(=O)c5ccc(OCCCCCBr)cc5)CC[C@]4(C)[C@H]3CC[C@]12C. The molecule has 0 radical (unpaired) electrons. The van der Waals surface area contributed by atoms with Crippen LogP contribution in [-0.2, 0) is 4.74 Å². The molecule has 4 aliphatic carbocycles. The fourth-order valence-corrected chi connectivity index (χ4v) is 10.6. The van der Waals surface area contributed by atoms with E-state index < -0.39 is 0 Å². The summed E-state index contributed by atoms with van der Waals surface area (Å²) in [5.74, 6) is 5.74. The summed E-state index contributed by atoms with van der Waals surface area (Å²) in [6, 6.07) is 7.51. The number of carbonyl (C=O) groups excluding carboxylic acids is 1. The van der Waals surface area contributed by atoms with E-state index in [0.29, 0.717) is 17.6 Å². The van der Waals surface area contributed by atoms with Gasteiger partial charge >= 0.3 is 5.97 Å². The van der Waals surface area contributed by atoms with E-state index in [1.54, 1.807) is 5.57 Å². The highest BCUT2D eigenvalue weighted by Crippen LogP contribution is 2.67. The minimum atomic E-state index is -0.195. The van der Waals surface area contributed by atoms with Gasteiger partial charge in [0.2, 0.25) is 0 Å². The van der Waals surface area contributed by atoms with E-state index in [2.05, 4.69) is 56.6 Å². The Bertz CT molecular complexity index is 1090. The number of hydrogen-bond donors (Lipinski definition) is 0. The fourth-order valence-electron chi connectivity index (χ4n) is 10.2. The van der Waals surface area contributed by atoms with E-state index in [9.17, 15) is 4.79 Å². The molecule has 43 heavy (non-hydrogen) atoms. The fraction of sp³-hybridized carbons (Fsp3) is 0.769. The van der Waals surface area contributed by atoms with Crippen LogP contribution in [-0.4, -0.2) is 24.0 Å². The summed E-state index contributed by atoms with van der Waals surface area (Å²) in [4.78, 5) is 13.1. The Balaban J connectivity index is 1.16. The lowest BCUT2D eigenvalue weighted by Crippen LogP contribution is -2.51. The molecule has 1 aromatic carbocycles. The standard InChI is InChI=1S/C39H59BrO3/c1-27(2)10-9-11-28(3)34-18-19-35-33-17-14-30-26-32(20-22-38(30,4)36(33)21-23-39(34,35)5)43-37(41)29-12-15-31(16-13-29)42-25-8-6-7-24-40/h12-16,27-28,32-36H,6-11,17-26H2,1-5H3/t28-,32+,33+,34-,35+,36+,38+,39-/m1/s1. The van der Waals surface area contributed by atoms with Gasteiger partial charge in [-0.15, -0.1) is 0 Å². The topological polar surface area (TPSA) is 35.5 Å². The maximum Gasteiger partial charge on any atom is 0.338 e. The minimum absolute atomic E-state index is 0.00913. The van der Waals surface area contributed by atoms with Gasteiger partial charge in [0.15, 0.2) is 0 Å². The minimum Gasteiger partial charge on any atom is -0.494 e. The third kappa shape index (κ3) is 7.25. The average Bonchev–Trinajstić information content (AvgIpc) is 3.34. The molecule has 3 fully saturated rings. The van der Waals surface area contributed by atoms with Gasteiger partial charge in [-0.3, -0.25) is 0 Å². The van der Waals surface area contributed by atoms with Gasteiger partial charge in [0, 0.05) is 11.8 Å². The zero-order valence-corrected chi connectivity index (χ0v) is 29.4. The van der Waals surface area contributed by atoms with Crippen LogP contribution in [0.25, 0.3) is 0 Å². The Labute approximate surface area is 271 Å². The second kappa shape index (κ2) is 14.4. The van der Waals surface area contributed by atoms with Crippen molar-refractivity contribution in [2.45, 2.75) is 131 Å². The highest BCUT2D eigenvalue weighted by atomic mass is 79.9. The molecule has 0 unspecified atom stereocenters. The third-order valence-corrected chi connectivity index (χ3v) is 13.2. The number of benzene rings is 1. The lowest BCUT2D eigenvalue weighted by Gasteiger charge is -2.58. The molecule has 0 spiro atoms. The van der Waals surface area contributed by atoms with Gasteiger partial charge in [0.1, 0.15) is 11.9 Å². The van der Waals surface area contributed by atoms with Crippen molar-refractivity contribution in [1.82, 2.24) is 0 Å². The molecule has 4 aliphatic rings. The van der Waals surface area contributed by atoms with Crippen LogP contribution in [0, 0.1) is 46.3 Å². The number of rotatable bonds is 13. The number of unbranched alkanes of at least 4 members (excludes halogenated alkanes) is 2. The molecule has 0 saturated heterocycles. The molecule has 0 N–H and O–H groups in total. The summed E-state index contributed by atoms with van der Waals surface area (Å²) in [5, 5.41) is 1.04. The number of fused-ring (bicyclic) bond motifs is 5. The van der Waals surface area contributed by atoms with Crippen LogP contribution >= 0.6 is 15.9 Å². The lowest BCUT2D eigenvalue weighted by molar-refractivity contribution is -0.0594. The average molecular weight is 656 g/mol. The molecule has 0 aliphatic heterocycles. The molecule has 0 aromatic heterocycles. The molecule has 5 rings (SSSR count). The summed E-state index contributed by atoms with van der Waals surface area (Å²) >= 11 is 3.47. The monoisotopic (exact) mass is 654 g/mol. The van der Waals surface area contributed by atoms with E-state index in [0.717, 1.165) is 78.7 Å². The van der Waals surface area contributed by atoms with Crippen LogP contribution in [0.2, 0.25) is 0 Å². The van der Waals surface area contributed by atoms with Crippen molar-refractivity contribution in [3.05, 3.63) is 41.5 Å². The number of allylic oxidation sites excluding steroid dienone is 1. The van der Waals surface area contributed by atoms with Crippen molar-refractivity contribution in [2.24, 2.45) is 46.3 Å². The van der Waals surface area contributed by atoms with E-state index in [1.807, 2.05) is 24.3 Å². The van der Waals surface area contributed by atoms with Gasteiger partial charge in [-0.25, -0.2) is 4.79 Å². The lowest BCUT2D eigenvalue weighted by atomic mass is 9.47. The predicted octanol–water partition coefficient (Wildman–Crippen LogP) is 11.2. The molecular weight excluding hydrogens is 596 g/mol. The van der Waals surface area contributed by atoms with E-state index in [-0.39, 0.29) is 17.5 Å². The second-order valence-electron chi connectivity index (χ2n) is 15.7. The molecule has 1 aromatic rings. The van der Waals surface area contributed by atoms with Crippen molar-refractivity contribution in [3.63, 3.8) is 0 Å². The highest BCUT2D eigenvalue weighted by molar-refractivity contribution is 9.09. The van der Waals surface area contributed by atoms with Crippen molar-refractivity contribution in [2.75, 3.05) is 11.9 Å². The Morgan fingerprint density at radius 3 is 2.47 bits per heavy atom. The van der Waals surface area contributed by atoms with Gasteiger partial charge < -0.3 is 9.47 Å². The van der Waals surface area contributed by atoms with Gasteiger partial charge in [-0.1, -0.05) is 81.5 Å². The summed E-state index contributed by atoms with van der Waals surface area (Å²) in [6.07, 6.45) is 20.1. The Hall–Kier alpha value is -1.29. The maximum absolute atomic E-state index is 13.1. The Morgan fingerprint density at radius 1 is 0.930 bits per heavy atom. The summed E-state index contributed by atoms with van der Waals surface area (Å²) in [7, 11) is 0. The summed E-state index contributed by atoms with van der Waals surface area (Å²) in [5.41, 5.74) is 3.02. The molecular formula is C39H59BrO3. The number of halogens is 1. The van der Waals surface area contributed by atoms with Crippen LogP contribution in [0.5, 0.6) is 5.75 Å². The van der Waals surface area contributed by atoms with Crippen LogP contribution in [0.3, 0.4) is 0 Å². The van der Waals surface area contributed by atoms with Crippen molar-refractivity contribution in [3.8, 4) is 5.75 Å². The number of hydrogen-bond acceptors (Lipinski definition) is 3. The zero-order valence-electron chi connectivity index (χ0n) is 27.8. The first-order chi connectivity index (χ1) is 20.7. The molecule has 3 nitrogen and oxygen atoms in total. The van der Waals surface area contributed by atoms with E-state index in [4.69, 9.17) is 9.47 Å². The predicted molar refractivity (Wildman–Crippen MR) is 182 cm³/mol. The smallest absolute Gasteiger partial charge is 0.338 e. The highest BCUT2D eigenvalue weighted by Gasteiger charge is 2.59. The number of esters is 1. The molecule has 8 atom stereocenters. The Kier molecular flexibility index (Phi) is 11.1. The largest absolute Gasteiger partial charge is 0.494 e. The van der Waals surface area contributed by atoms with Gasteiger partial charge in [-0.2, -0.15) is 0 Å². The summed E-state index contributed by atoms with van der Waals surface area (Å²) in [6.45, 7) is 13.3. The van der Waals surface area contributed by atoms with Crippen LogP contribution in [0.4, 0.5) is 0 Å². The Morgan fingerprint density at radius 2 is 1.72 bits per heavy atom. The van der Waals surface area contributed by atoms with Crippen molar-refractivity contribution in [1.29, 1.82) is 0 Å². The first-order valence-corrected chi connectivity index (χ1v) is 19.0. The number of ether oxygens (including phenoxy) is 2. The van der Waals surface area contributed by atoms with Crippen LogP contribution in [0.15, 0.2) is 35.9 Å². The maximum atomic E-state index is 13.1. The molecule has 240 valence electrons. The van der Waals surface area contributed by atoms with Gasteiger partial charge in [-0.05, 0) is 135 Å². The molecule has 0 bridgehead atoms. The zero-order chi connectivity index (χ0) is 30.6. The number of alkyl halides is 1. The first-order valence-electron chi connectivity index (χ1n) is 17.8. The molecule has 0 amide bonds. The molecule has 0 heterocycles. The van der Waals surface area contributed by atoms with Crippen molar-refractivity contribution >= 4 is 21.9 Å². The second-order valence-corrected chi connectivity index (χ2v) is 16.5. The van der Waals surface area contributed by atoms with E-state index in [1.165, 1.54) is 57.8 Å². The van der Waals surface area contributed by atoms with E-state index >= 15 is 0 Å². The molecule has 4 heteroatoms. The van der Waals surface area contributed by atoms with Gasteiger partial charge in [0.05, 0.1) is 12.2 Å². The van der Waals surface area contributed by atoms with Gasteiger partial charge in [0.25, 0.3) is 0 Å². The van der Waals surface area contributed by atoms with Crippen LogP contribution < -0.4 is 4.74 Å². The number of carbonyl (C=O) groups is 1. The van der Waals surface area contributed by atoms with Crippen molar-refractivity contribution < 1.29 is 14.3 Å². The quantitative estimate of drug-likeness (QED) is 0.0918. The third-order valence-electron chi connectivity index (χ3n) is 12.7. The molecule has 3 saturated carbocycles. The first kappa shape index (κ1) is 33.1. The normalized spacial score (nSPS) is 34.1. The van der Waals surface area contributed by atoms with Crippen LogP contribution in [0.1, 0.15) is 135 Å².